The van der Waals surface area contributed by atoms with Crippen LogP contribution in [0.15, 0.2) is 42.6 Å². The Kier molecular flexibility index (Phi) is 8.22. The summed E-state index contributed by atoms with van der Waals surface area (Å²) in [6.07, 6.45) is 1.84. The van der Waals surface area contributed by atoms with Crippen molar-refractivity contribution >= 4 is 28.4 Å². The van der Waals surface area contributed by atoms with Crippen LogP contribution in [0, 0.1) is 6.92 Å². The van der Waals surface area contributed by atoms with Crippen molar-refractivity contribution in [3.63, 3.8) is 0 Å². The zero-order valence-electron chi connectivity index (χ0n) is 21.8. The molecule has 2 aromatic carbocycles. The molecule has 4 rings (SSSR count). The highest BCUT2D eigenvalue weighted by Gasteiger charge is 2.27. The van der Waals surface area contributed by atoms with Gasteiger partial charge in [-0.2, -0.15) is 5.10 Å². The topological polar surface area (TPSA) is 85.7 Å². The number of fused-ring (bicyclic) bond motifs is 2. The van der Waals surface area contributed by atoms with Gasteiger partial charge in [-0.25, -0.2) is 5.01 Å². The molecule has 1 aliphatic heterocycles. The van der Waals surface area contributed by atoms with Gasteiger partial charge in [-0.05, 0) is 49.2 Å². The molecule has 0 spiro atoms. The van der Waals surface area contributed by atoms with Crippen molar-refractivity contribution in [2.45, 2.75) is 40.4 Å². The fourth-order valence-corrected chi connectivity index (χ4v) is 4.68. The second-order valence-corrected chi connectivity index (χ2v) is 9.23. The first-order valence-electron chi connectivity index (χ1n) is 12.7. The minimum atomic E-state index is -0.110. The summed E-state index contributed by atoms with van der Waals surface area (Å²) in [6, 6.07) is 12.4. The molecule has 0 saturated heterocycles. The number of hydrazine groups is 1. The number of hydrogen-bond acceptors (Lipinski definition) is 6. The first kappa shape index (κ1) is 25.7. The molecule has 9 nitrogen and oxygen atoms in total. The Morgan fingerprint density at radius 3 is 2.44 bits per heavy atom. The third kappa shape index (κ3) is 5.68. The van der Waals surface area contributed by atoms with Gasteiger partial charge in [-0.1, -0.05) is 31.2 Å². The number of hydrogen-bond donors (Lipinski definition) is 2. The second kappa shape index (κ2) is 11.5. The summed E-state index contributed by atoms with van der Waals surface area (Å²) in [4.78, 5) is 28.2. The van der Waals surface area contributed by atoms with Gasteiger partial charge in [-0.3, -0.25) is 19.3 Å². The Hall–Kier alpha value is -3.43. The molecule has 0 bridgehead atoms. The highest BCUT2D eigenvalue weighted by atomic mass is 16.2. The van der Waals surface area contributed by atoms with E-state index in [0.717, 1.165) is 35.2 Å². The van der Waals surface area contributed by atoms with Gasteiger partial charge in [0.25, 0.3) is 5.91 Å². The predicted octanol–water partition coefficient (Wildman–Crippen LogP) is 2.29. The summed E-state index contributed by atoms with van der Waals surface area (Å²) in [5.41, 5.74) is 5.40. The number of nitrogens with zero attached hydrogens (tertiary/aromatic N) is 5. The maximum atomic E-state index is 13.5. The third-order valence-electron chi connectivity index (χ3n) is 6.74. The second-order valence-electron chi connectivity index (χ2n) is 9.23. The number of aromatic nitrogens is 2. The van der Waals surface area contributed by atoms with E-state index in [0.29, 0.717) is 26.2 Å². The van der Waals surface area contributed by atoms with Crippen molar-refractivity contribution in [2.75, 3.05) is 44.7 Å². The molecule has 3 aromatic rings. The van der Waals surface area contributed by atoms with E-state index >= 15 is 0 Å². The van der Waals surface area contributed by atoms with Gasteiger partial charge in [0, 0.05) is 50.8 Å². The molecule has 1 aliphatic rings. The van der Waals surface area contributed by atoms with Gasteiger partial charge in [0.2, 0.25) is 5.91 Å². The monoisotopic (exact) mass is 491 g/mol. The van der Waals surface area contributed by atoms with Gasteiger partial charge >= 0.3 is 0 Å². The normalized spacial score (nSPS) is 13.1. The highest BCUT2D eigenvalue weighted by molar-refractivity contribution is 5.90. The lowest BCUT2D eigenvalue weighted by Crippen LogP contribution is -2.48. The molecule has 0 atom stereocenters. The summed E-state index contributed by atoms with van der Waals surface area (Å²) in [5.74, 6) is -0.173. The van der Waals surface area contributed by atoms with Crippen molar-refractivity contribution in [1.29, 1.82) is 0 Å². The van der Waals surface area contributed by atoms with E-state index in [1.165, 1.54) is 11.1 Å². The number of rotatable bonds is 11. The fraction of sp³-hybridized carbons (Fsp3) is 0.444. The molecular weight excluding hydrogens is 454 g/mol. The largest absolute Gasteiger partial charge is 0.353 e. The van der Waals surface area contributed by atoms with E-state index in [2.05, 4.69) is 40.9 Å². The van der Waals surface area contributed by atoms with Crippen LogP contribution in [-0.4, -0.2) is 71.4 Å². The summed E-state index contributed by atoms with van der Waals surface area (Å²) in [7, 11) is 1.81. The van der Waals surface area contributed by atoms with Crippen molar-refractivity contribution in [1.82, 2.24) is 30.4 Å². The Balaban J connectivity index is 1.53. The van der Waals surface area contributed by atoms with Crippen LogP contribution in [-0.2, 0) is 29.2 Å². The lowest BCUT2D eigenvalue weighted by atomic mass is 10.1. The molecule has 2 amide bonds. The van der Waals surface area contributed by atoms with E-state index in [-0.39, 0.29) is 24.9 Å². The van der Waals surface area contributed by atoms with E-state index in [4.69, 9.17) is 0 Å². The molecular formula is C27H37N7O2. The van der Waals surface area contributed by atoms with E-state index in [1.54, 1.807) is 5.01 Å². The summed E-state index contributed by atoms with van der Waals surface area (Å²) in [6.45, 7) is 10.6. The number of amides is 2. The molecule has 0 fully saturated rings. The quantitative estimate of drug-likeness (QED) is 0.401. The Labute approximate surface area is 213 Å². The summed E-state index contributed by atoms with van der Waals surface area (Å²) < 4.78 is 1.95. The minimum Gasteiger partial charge on any atom is -0.353 e. The summed E-state index contributed by atoms with van der Waals surface area (Å²) in [5, 5.41) is 15.4. The van der Waals surface area contributed by atoms with Crippen LogP contribution >= 0.6 is 0 Å². The number of aryl methyl sites for hydroxylation is 2. The molecule has 9 heteroatoms. The first-order chi connectivity index (χ1) is 17.4. The lowest BCUT2D eigenvalue weighted by molar-refractivity contribution is -0.145. The van der Waals surface area contributed by atoms with Crippen molar-refractivity contribution in [3.8, 4) is 0 Å². The van der Waals surface area contributed by atoms with Crippen LogP contribution in [0.1, 0.15) is 30.5 Å². The van der Waals surface area contributed by atoms with Crippen molar-refractivity contribution < 1.29 is 9.59 Å². The Bertz CT molecular complexity index is 1200. The van der Waals surface area contributed by atoms with Crippen molar-refractivity contribution in [2.24, 2.45) is 0 Å². The average molecular weight is 492 g/mol. The molecule has 1 aromatic heterocycles. The molecule has 36 heavy (non-hydrogen) atoms. The van der Waals surface area contributed by atoms with Crippen LogP contribution in [0.25, 0.3) is 10.9 Å². The predicted molar refractivity (Wildman–Crippen MR) is 142 cm³/mol. The zero-order valence-corrected chi connectivity index (χ0v) is 21.8. The molecule has 2 heterocycles. The molecule has 0 saturated carbocycles. The highest BCUT2D eigenvalue weighted by Crippen LogP contribution is 2.28. The van der Waals surface area contributed by atoms with E-state index < -0.39 is 0 Å². The minimum absolute atomic E-state index is 0.0630. The SMILES string of the molecule is CCNCCNC(=O)CN(CC(=O)N(C)N1Cc2ccccc2C1)c1cc2cnn(CC)c2cc1C. The van der Waals surface area contributed by atoms with Gasteiger partial charge in [0.15, 0.2) is 0 Å². The smallest absolute Gasteiger partial charge is 0.256 e. The first-order valence-corrected chi connectivity index (χ1v) is 12.7. The average Bonchev–Trinajstić information content (AvgIpc) is 3.48. The maximum Gasteiger partial charge on any atom is 0.256 e. The number of carbonyl (C=O) groups excluding carboxylic acids is 2. The van der Waals surface area contributed by atoms with Gasteiger partial charge in [0.05, 0.1) is 24.8 Å². The van der Waals surface area contributed by atoms with Crippen molar-refractivity contribution in [3.05, 3.63) is 59.3 Å². The standard InChI is InChI=1S/C27H37N7O2/c1-5-28-11-12-29-26(35)18-32(24-14-23-15-30-34(6-2)25(23)13-20(24)3)19-27(36)31(4)33-16-21-9-7-8-10-22(21)17-33/h7-10,13-15,28H,5-6,11-12,16-19H2,1-4H3,(H,29,35). The Morgan fingerprint density at radius 1 is 1.06 bits per heavy atom. The van der Waals surface area contributed by atoms with Gasteiger partial charge < -0.3 is 15.5 Å². The maximum absolute atomic E-state index is 13.5. The molecule has 192 valence electrons. The van der Waals surface area contributed by atoms with E-state index in [1.807, 2.05) is 59.9 Å². The molecule has 2 N–H and O–H groups in total. The molecule has 0 aliphatic carbocycles. The number of anilines is 1. The Morgan fingerprint density at radius 2 is 1.78 bits per heavy atom. The van der Waals surface area contributed by atoms with Gasteiger partial charge in [0.1, 0.15) is 0 Å². The number of benzene rings is 2. The summed E-state index contributed by atoms with van der Waals surface area (Å²) >= 11 is 0. The third-order valence-corrected chi connectivity index (χ3v) is 6.74. The lowest BCUT2D eigenvalue weighted by Gasteiger charge is -2.32. The molecule has 0 radical (unpaired) electrons. The number of nitrogens with one attached hydrogen (secondary N) is 2. The fourth-order valence-electron chi connectivity index (χ4n) is 4.68. The van der Waals surface area contributed by atoms with Crippen LogP contribution in [0.4, 0.5) is 5.69 Å². The van der Waals surface area contributed by atoms with Crippen LogP contribution < -0.4 is 15.5 Å². The number of carbonyl (C=O) groups is 2. The van der Waals surface area contributed by atoms with Crippen LogP contribution in [0.3, 0.4) is 0 Å². The van der Waals surface area contributed by atoms with Crippen LogP contribution in [0.2, 0.25) is 0 Å². The zero-order chi connectivity index (χ0) is 25.7. The molecule has 0 unspecified atom stereocenters. The van der Waals surface area contributed by atoms with Gasteiger partial charge in [-0.15, -0.1) is 0 Å². The van der Waals surface area contributed by atoms with Crippen LogP contribution in [0.5, 0.6) is 0 Å². The number of likely N-dealkylation sites (N-methyl/N-ethyl adjacent to an activating group) is 2. The van der Waals surface area contributed by atoms with E-state index in [9.17, 15) is 9.59 Å².